The molecule has 1 aliphatic heterocycles. The third-order valence-corrected chi connectivity index (χ3v) is 7.70. The number of benzene rings is 1. The normalized spacial score (nSPS) is 20.1. The standard InChI is InChI=1S/C28H41ClF2N4O4/c1-28(2,3)39-27(38)35(16-19-14-20(29)12-11-18(19)15-21(32)24(30)31)23(17-8-5-4-6-9-17)26(37)34-13-7-10-22(34)25(33)36/h11-12,14,17,21-24H,4-10,13,15-16,32H2,1-3H3,(H2,33,36)/t21?,22-,23+/m0/s1. The quantitative estimate of drug-likeness (QED) is 0.448. The van der Waals surface area contributed by atoms with Gasteiger partial charge < -0.3 is 21.1 Å². The molecule has 3 rings (SSSR count). The molecule has 0 bridgehead atoms. The maximum atomic E-state index is 14.2. The van der Waals surface area contributed by atoms with E-state index in [4.69, 9.17) is 27.8 Å². The molecule has 1 saturated heterocycles. The number of alkyl halides is 2. The third kappa shape index (κ3) is 8.27. The Morgan fingerprint density at radius 2 is 1.77 bits per heavy atom. The lowest BCUT2D eigenvalue weighted by Crippen LogP contribution is -2.57. The van der Waals surface area contributed by atoms with E-state index in [-0.39, 0.29) is 24.8 Å². The van der Waals surface area contributed by atoms with Crippen molar-refractivity contribution in [2.75, 3.05) is 6.54 Å². The number of halogens is 3. The summed E-state index contributed by atoms with van der Waals surface area (Å²) in [4.78, 5) is 43.0. The molecule has 0 spiro atoms. The Hall–Kier alpha value is -2.46. The van der Waals surface area contributed by atoms with E-state index >= 15 is 0 Å². The molecule has 2 fully saturated rings. The molecule has 3 amide bonds. The lowest BCUT2D eigenvalue weighted by Gasteiger charge is -2.41. The fraction of sp³-hybridized carbons (Fsp3) is 0.679. The Labute approximate surface area is 234 Å². The Bertz CT molecular complexity index is 1030. The summed E-state index contributed by atoms with van der Waals surface area (Å²) in [7, 11) is 0. The zero-order valence-electron chi connectivity index (χ0n) is 23.0. The number of hydrogen-bond donors (Lipinski definition) is 2. The number of rotatable bonds is 9. The largest absolute Gasteiger partial charge is 0.444 e. The second-order valence-electron chi connectivity index (χ2n) is 11.7. The summed E-state index contributed by atoms with van der Waals surface area (Å²) in [5, 5.41) is 0.359. The Kier molecular flexibility index (Phi) is 10.6. The summed E-state index contributed by atoms with van der Waals surface area (Å²) in [5.41, 5.74) is 11.5. The van der Waals surface area contributed by atoms with Gasteiger partial charge in [-0.3, -0.25) is 14.5 Å². The number of hydrogen-bond acceptors (Lipinski definition) is 5. The molecule has 218 valence electrons. The minimum atomic E-state index is -2.73. The minimum Gasteiger partial charge on any atom is -0.444 e. The first-order chi connectivity index (χ1) is 18.3. The van der Waals surface area contributed by atoms with Crippen molar-refractivity contribution < 1.29 is 27.9 Å². The number of amides is 3. The van der Waals surface area contributed by atoms with E-state index in [1.54, 1.807) is 39.0 Å². The van der Waals surface area contributed by atoms with Crippen LogP contribution in [0.5, 0.6) is 0 Å². The fourth-order valence-electron chi connectivity index (χ4n) is 5.60. The Balaban J connectivity index is 2.08. The molecule has 1 unspecified atom stereocenters. The predicted molar refractivity (Wildman–Crippen MR) is 145 cm³/mol. The van der Waals surface area contributed by atoms with Gasteiger partial charge in [-0.25, -0.2) is 13.6 Å². The number of carbonyl (C=O) groups is 3. The highest BCUT2D eigenvalue weighted by Crippen LogP contribution is 2.34. The molecular weight excluding hydrogens is 530 g/mol. The van der Waals surface area contributed by atoms with Crippen LogP contribution < -0.4 is 11.5 Å². The molecule has 1 aromatic carbocycles. The number of nitrogens with zero attached hydrogens (tertiary/aromatic N) is 2. The molecule has 1 aromatic rings. The van der Waals surface area contributed by atoms with E-state index in [9.17, 15) is 23.2 Å². The van der Waals surface area contributed by atoms with Gasteiger partial charge in [-0.15, -0.1) is 0 Å². The number of carbonyl (C=O) groups excluding carboxylic acids is 3. The van der Waals surface area contributed by atoms with Crippen molar-refractivity contribution in [2.24, 2.45) is 17.4 Å². The van der Waals surface area contributed by atoms with Crippen LogP contribution in [0, 0.1) is 5.92 Å². The summed E-state index contributed by atoms with van der Waals surface area (Å²) >= 11 is 6.29. The van der Waals surface area contributed by atoms with Gasteiger partial charge in [-0.05, 0) is 82.1 Å². The van der Waals surface area contributed by atoms with Gasteiger partial charge in [-0.1, -0.05) is 36.9 Å². The molecule has 0 aromatic heterocycles. The molecular formula is C28H41ClF2N4O4. The number of likely N-dealkylation sites (tertiary alicyclic amines) is 1. The molecule has 1 heterocycles. The molecule has 3 atom stereocenters. The van der Waals surface area contributed by atoms with Crippen LogP contribution in [0.15, 0.2) is 18.2 Å². The molecule has 1 saturated carbocycles. The monoisotopic (exact) mass is 570 g/mol. The van der Waals surface area contributed by atoms with Crippen LogP contribution in [0.3, 0.4) is 0 Å². The van der Waals surface area contributed by atoms with E-state index in [1.807, 2.05) is 0 Å². The van der Waals surface area contributed by atoms with Crippen LogP contribution in [0.2, 0.25) is 5.02 Å². The first kappa shape index (κ1) is 31.1. The lowest BCUT2D eigenvalue weighted by molar-refractivity contribution is -0.144. The molecule has 39 heavy (non-hydrogen) atoms. The number of nitrogens with two attached hydrogens (primary N) is 2. The van der Waals surface area contributed by atoms with Crippen molar-refractivity contribution in [1.29, 1.82) is 0 Å². The van der Waals surface area contributed by atoms with Gasteiger partial charge in [0.15, 0.2) is 0 Å². The molecule has 4 N–H and O–H groups in total. The van der Waals surface area contributed by atoms with Crippen LogP contribution in [0.4, 0.5) is 13.6 Å². The van der Waals surface area contributed by atoms with Gasteiger partial charge in [0.05, 0.1) is 12.6 Å². The Morgan fingerprint density at radius 1 is 1.10 bits per heavy atom. The van der Waals surface area contributed by atoms with Gasteiger partial charge >= 0.3 is 6.09 Å². The second kappa shape index (κ2) is 13.3. The van der Waals surface area contributed by atoms with Crippen molar-refractivity contribution in [3.8, 4) is 0 Å². The molecule has 2 aliphatic rings. The van der Waals surface area contributed by atoms with E-state index < -0.39 is 42.2 Å². The van der Waals surface area contributed by atoms with Crippen LogP contribution in [-0.2, 0) is 27.3 Å². The van der Waals surface area contributed by atoms with Crippen LogP contribution in [-0.4, -0.2) is 64.4 Å². The molecule has 8 nitrogen and oxygen atoms in total. The summed E-state index contributed by atoms with van der Waals surface area (Å²) in [6, 6.07) is 1.75. The van der Waals surface area contributed by atoms with Crippen molar-refractivity contribution in [3.63, 3.8) is 0 Å². The summed E-state index contributed by atoms with van der Waals surface area (Å²) in [5.74, 6) is -1.09. The zero-order chi connectivity index (χ0) is 28.9. The summed E-state index contributed by atoms with van der Waals surface area (Å²) in [6.45, 7) is 5.47. The third-order valence-electron chi connectivity index (χ3n) is 7.47. The van der Waals surface area contributed by atoms with Crippen molar-refractivity contribution in [1.82, 2.24) is 9.80 Å². The highest BCUT2D eigenvalue weighted by Gasteiger charge is 2.44. The predicted octanol–water partition coefficient (Wildman–Crippen LogP) is 4.64. The molecule has 11 heteroatoms. The summed E-state index contributed by atoms with van der Waals surface area (Å²) < 4.78 is 32.4. The van der Waals surface area contributed by atoms with Crippen molar-refractivity contribution in [3.05, 3.63) is 34.3 Å². The number of primary amides is 1. The van der Waals surface area contributed by atoms with Gasteiger partial charge in [0.25, 0.3) is 6.43 Å². The zero-order valence-corrected chi connectivity index (χ0v) is 23.8. The van der Waals surface area contributed by atoms with E-state index in [0.29, 0.717) is 35.5 Å². The smallest absolute Gasteiger partial charge is 0.411 e. The Morgan fingerprint density at radius 3 is 2.36 bits per heavy atom. The average Bonchev–Trinajstić information content (AvgIpc) is 3.35. The highest BCUT2D eigenvalue weighted by molar-refractivity contribution is 6.30. The van der Waals surface area contributed by atoms with E-state index in [2.05, 4.69) is 0 Å². The summed E-state index contributed by atoms with van der Waals surface area (Å²) in [6.07, 6.45) is 1.82. The first-order valence-corrected chi connectivity index (χ1v) is 14.1. The fourth-order valence-corrected chi connectivity index (χ4v) is 5.79. The maximum Gasteiger partial charge on any atom is 0.411 e. The van der Waals surface area contributed by atoms with Crippen molar-refractivity contribution in [2.45, 2.75) is 109 Å². The highest BCUT2D eigenvalue weighted by atomic mass is 35.5. The second-order valence-corrected chi connectivity index (χ2v) is 12.1. The van der Waals surface area contributed by atoms with E-state index in [0.717, 1.165) is 32.1 Å². The molecule has 0 radical (unpaired) electrons. The minimum absolute atomic E-state index is 0.0945. The van der Waals surface area contributed by atoms with Gasteiger partial charge in [0.2, 0.25) is 11.8 Å². The van der Waals surface area contributed by atoms with Crippen LogP contribution >= 0.6 is 11.6 Å². The number of ether oxygens (including phenoxy) is 1. The SMILES string of the molecule is CC(C)(C)OC(=O)N(Cc1cc(Cl)ccc1CC(N)C(F)F)[C@@H](C(=O)N1CCC[C@H]1C(N)=O)C1CCCCC1. The first-order valence-electron chi connectivity index (χ1n) is 13.7. The van der Waals surface area contributed by atoms with E-state index in [1.165, 1.54) is 9.80 Å². The van der Waals surface area contributed by atoms with Gasteiger partial charge in [-0.2, -0.15) is 0 Å². The van der Waals surface area contributed by atoms with Gasteiger partial charge in [0.1, 0.15) is 17.7 Å². The van der Waals surface area contributed by atoms with Crippen LogP contribution in [0.25, 0.3) is 0 Å². The van der Waals surface area contributed by atoms with Crippen molar-refractivity contribution >= 4 is 29.5 Å². The lowest BCUT2D eigenvalue weighted by atomic mass is 9.82. The van der Waals surface area contributed by atoms with Gasteiger partial charge in [0, 0.05) is 11.6 Å². The average molecular weight is 571 g/mol. The topological polar surface area (TPSA) is 119 Å². The maximum absolute atomic E-state index is 14.2. The van der Waals surface area contributed by atoms with Crippen LogP contribution in [0.1, 0.15) is 76.8 Å². The molecule has 1 aliphatic carbocycles.